The number of fused-ring (bicyclic) bond motifs is 5. The van der Waals surface area contributed by atoms with E-state index in [4.69, 9.17) is 43.0 Å². The number of carboxylic acid groups (broad SMARTS) is 1. The molecule has 21 atom stereocenters. The minimum Gasteiger partial charge on any atom is -0.481 e. The van der Waals surface area contributed by atoms with E-state index in [0.29, 0.717) is 62.7 Å². The number of hydrogen-bond donors (Lipinski definition) is 5. The molecule has 3 spiro atoms. The van der Waals surface area contributed by atoms with E-state index in [1.54, 1.807) is 6.08 Å². The first-order valence-corrected chi connectivity index (χ1v) is 23.7. The van der Waals surface area contributed by atoms with Crippen molar-refractivity contribution in [1.29, 1.82) is 0 Å². The van der Waals surface area contributed by atoms with Gasteiger partial charge >= 0.3 is 5.97 Å². The normalized spacial score (nSPS) is 52.3. The summed E-state index contributed by atoms with van der Waals surface area (Å²) in [5, 5.41) is 47.5. The zero-order valence-electron chi connectivity index (χ0n) is 37.8. The first kappa shape index (κ1) is 45.4. The van der Waals surface area contributed by atoms with Crippen molar-refractivity contribution in [2.24, 2.45) is 35.5 Å². The highest BCUT2D eigenvalue weighted by Gasteiger charge is 2.64. The number of rotatable bonds is 9. The summed E-state index contributed by atoms with van der Waals surface area (Å²) in [6.45, 7) is 20.4. The standard InChI is InChI=1S/C48H73NO13/c1-25-14-34(10-9-33(50)18-40(51)52)56-44(20-25)11-12-47(62-44)31(7)17-35-36(59-47)19-38(55-35)43(53)48(54)32(8)16-28(4)41(61-48)29(5)22-45-21-26(2)15-37(57-45)42-39(58-45)23-46(60-42)30(6)13-27(3)24-49-46/h9-10,20,26-28,30-39,41-43,49-50,53-54H,5,11-19,21-24H2,1-4,6-8H3,(H,51,52)/b10-9+/t26-,27+,28+,30-,31+,32-,33?,34-,35+,36+,37-,38-,39+,41+,42+,43+,44-,45-,46-,47-,48-/m1/s1. The Hall–Kier alpha value is -1.79. The number of aliphatic hydroxyl groups is 3. The van der Waals surface area contributed by atoms with Gasteiger partial charge in [0, 0.05) is 56.9 Å². The molecule has 9 aliphatic heterocycles. The Kier molecular flexibility index (Phi) is 12.1. The Morgan fingerprint density at radius 1 is 0.871 bits per heavy atom. The first-order valence-electron chi connectivity index (χ1n) is 23.7. The predicted molar refractivity (Wildman–Crippen MR) is 225 cm³/mol. The Labute approximate surface area is 367 Å². The summed E-state index contributed by atoms with van der Waals surface area (Å²) < 4.78 is 54.2. The van der Waals surface area contributed by atoms with Crippen molar-refractivity contribution in [1.82, 2.24) is 5.32 Å². The van der Waals surface area contributed by atoms with Gasteiger partial charge < -0.3 is 58.3 Å². The van der Waals surface area contributed by atoms with Gasteiger partial charge in [-0.1, -0.05) is 65.8 Å². The molecule has 9 aliphatic rings. The van der Waals surface area contributed by atoms with E-state index in [9.17, 15) is 20.1 Å². The van der Waals surface area contributed by atoms with Crippen molar-refractivity contribution < 1.29 is 63.1 Å². The number of aliphatic hydroxyl groups excluding tert-OH is 2. The van der Waals surface area contributed by atoms with Crippen LogP contribution in [-0.4, -0.2) is 123 Å². The van der Waals surface area contributed by atoms with Gasteiger partial charge in [0.1, 0.15) is 17.9 Å². The summed E-state index contributed by atoms with van der Waals surface area (Å²) in [4.78, 5) is 11.1. The molecule has 0 aliphatic carbocycles. The number of hydrogen-bond acceptors (Lipinski definition) is 13. The molecule has 62 heavy (non-hydrogen) atoms. The average molecular weight is 872 g/mol. The van der Waals surface area contributed by atoms with Crippen LogP contribution in [0.25, 0.3) is 0 Å². The second kappa shape index (κ2) is 16.5. The van der Waals surface area contributed by atoms with Gasteiger partial charge in [0.05, 0.1) is 55.3 Å². The molecule has 2 bridgehead atoms. The van der Waals surface area contributed by atoms with Crippen LogP contribution >= 0.6 is 0 Å². The van der Waals surface area contributed by atoms with Crippen LogP contribution in [0.2, 0.25) is 0 Å². The SMILES string of the molecule is C=C(C[C@]12C[C@H](C)C[C@@H](O1)[C@@H]1O[C@@]3(C[C@@H]1O2)NC[C@@H](C)C[C@H]3C)[C@H]1O[C@@](O)([C@@H](O)[C@H]2C[C@@H]3O[C@@]4(CC[C@]5(C=C(C)C[C@@H](/C=C/C(O)CC(=O)O)O5)O4)[C@@H](C)C[C@@H]3O2)[C@H](C)C[C@@H]1C. The Balaban J connectivity index is 0.852. The number of aliphatic carboxylic acids is 1. The fourth-order valence-electron chi connectivity index (χ4n) is 13.2. The first-order chi connectivity index (χ1) is 29.2. The molecule has 0 saturated carbocycles. The van der Waals surface area contributed by atoms with Crippen LogP contribution in [0.15, 0.2) is 36.0 Å². The van der Waals surface area contributed by atoms with E-state index in [0.717, 1.165) is 43.4 Å². The fraction of sp³-hybridized carbons (Fsp3) is 0.854. The summed E-state index contributed by atoms with van der Waals surface area (Å²) in [7, 11) is 0. The van der Waals surface area contributed by atoms with Crippen molar-refractivity contribution >= 4 is 5.97 Å². The average Bonchev–Trinajstić information content (AvgIpc) is 3.87. The third-order valence-corrected chi connectivity index (χ3v) is 16.2. The van der Waals surface area contributed by atoms with Crippen molar-refractivity contribution in [3.8, 4) is 0 Å². The van der Waals surface area contributed by atoms with E-state index in [1.165, 1.54) is 6.08 Å². The van der Waals surface area contributed by atoms with Crippen LogP contribution in [-0.2, 0) is 42.7 Å². The third kappa shape index (κ3) is 8.22. The summed E-state index contributed by atoms with van der Waals surface area (Å²) >= 11 is 0. The zero-order chi connectivity index (χ0) is 44.1. The molecule has 8 fully saturated rings. The smallest absolute Gasteiger partial charge is 0.306 e. The Morgan fingerprint density at radius 3 is 2.40 bits per heavy atom. The molecule has 0 radical (unpaired) electrons. The van der Waals surface area contributed by atoms with Crippen LogP contribution in [0, 0.1) is 35.5 Å². The number of carboxylic acids is 1. The van der Waals surface area contributed by atoms with Crippen molar-refractivity contribution in [3.63, 3.8) is 0 Å². The van der Waals surface area contributed by atoms with Crippen LogP contribution in [0.1, 0.15) is 126 Å². The van der Waals surface area contributed by atoms with Gasteiger partial charge in [-0.25, -0.2) is 0 Å². The second-order valence-corrected chi connectivity index (χ2v) is 21.6. The molecule has 348 valence electrons. The van der Waals surface area contributed by atoms with Gasteiger partial charge in [-0.15, -0.1) is 0 Å². The van der Waals surface area contributed by atoms with Crippen LogP contribution in [0.4, 0.5) is 0 Å². The third-order valence-electron chi connectivity index (χ3n) is 16.2. The highest BCUT2D eigenvalue weighted by atomic mass is 16.8. The predicted octanol–water partition coefficient (Wildman–Crippen LogP) is 5.62. The van der Waals surface area contributed by atoms with Crippen LogP contribution < -0.4 is 5.32 Å². The van der Waals surface area contributed by atoms with Crippen LogP contribution in [0.5, 0.6) is 0 Å². The molecular weight excluding hydrogens is 799 g/mol. The maximum absolute atomic E-state index is 12.4. The minimum absolute atomic E-state index is 0.0226. The fourth-order valence-corrected chi connectivity index (χ4v) is 13.2. The molecular formula is C48H73NO13. The van der Waals surface area contributed by atoms with E-state index < -0.39 is 71.3 Å². The lowest BCUT2D eigenvalue weighted by Gasteiger charge is -2.53. The summed E-state index contributed by atoms with van der Waals surface area (Å²) in [6.07, 6.45) is 6.88. The van der Waals surface area contributed by atoms with Gasteiger partial charge in [-0.2, -0.15) is 0 Å². The van der Waals surface area contributed by atoms with E-state index >= 15 is 0 Å². The van der Waals surface area contributed by atoms with Gasteiger partial charge in [-0.3, -0.25) is 10.1 Å². The molecule has 14 heteroatoms. The van der Waals surface area contributed by atoms with Crippen molar-refractivity contribution in [2.45, 2.75) is 215 Å². The van der Waals surface area contributed by atoms with Gasteiger partial charge in [0.2, 0.25) is 0 Å². The molecule has 5 N–H and O–H groups in total. The summed E-state index contributed by atoms with van der Waals surface area (Å²) in [6, 6.07) is 0. The highest BCUT2D eigenvalue weighted by molar-refractivity contribution is 5.67. The number of carbonyl (C=O) groups is 1. The molecule has 0 aromatic rings. The molecule has 1 unspecified atom stereocenters. The van der Waals surface area contributed by atoms with E-state index in [1.807, 2.05) is 19.9 Å². The lowest BCUT2D eigenvalue weighted by molar-refractivity contribution is -0.367. The molecule has 8 saturated heterocycles. The summed E-state index contributed by atoms with van der Waals surface area (Å²) in [5.74, 6) is -4.97. The monoisotopic (exact) mass is 872 g/mol. The molecule has 9 rings (SSSR count). The molecule has 9 heterocycles. The van der Waals surface area contributed by atoms with Gasteiger partial charge in [-0.05, 0) is 74.3 Å². The van der Waals surface area contributed by atoms with Crippen molar-refractivity contribution in [3.05, 3.63) is 36.0 Å². The van der Waals surface area contributed by atoms with Gasteiger partial charge in [0.15, 0.2) is 23.1 Å². The Bertz CT molecular complexity index is 1780. The quantitative estimate of drug-likeness (QED) is 0.180. The van der Waals surface area contributed by atoms with Gasteiger partial charge in [0.25, 0.3) is 0 Å². The zero-order valence-corrected chi connectivity index (χ0v) is 37.8. The van der Waals surface area contributed by atoms with Crippen molar-refractivity contribution in [2.75, 3.05) is 6.54 Å². The highest BCUT2D eigenvalue weighted by Crippen LogP contribution is 2.56. The molecule has 0 aromatic heterocycles. The maximum atomic E-state index is 12.4. The lowest BCUT2D eigenvalue weighted by Crippen LogP contribution is -2.62. The number of ether oxygens (including phenoxy) is 8. The van der Waals surface area contributed by atoms with E-state index in [-0.39, 0.29) is 48.8 Å². The molecule has 0 aromatic carbocycles. The summed E-state index contributed by atoms with van der Waals surface area (Å²) in [5.41, 5.74) is 1.44. The topological polar surface area (TPSA) is 184 Å². The minimum atomic E-state index is -1.90. The molecule has 0 amide bonds. The second-order valence-electron chi connectivity index (χ2n) is 21.6. The largest absolute Gasteiger partial charge is 0.481 e. The Morgan fingerprint density at radius 2 is 1.65 bits per heavy atom. The van der Waals surface area contributed by atoms with Crippen LogP contribution in [0.3, 0.4) is 0 Å². The number of nitrogens with one attached hydrogen (secondary N) is 1. The number of piperidine rings is 1. The maximum Gasteiger partial charge on any atom is 0.306 e. The van der Waals surface area contributed by atoms with E-state index in [2.05, 4.69) is 46.5 Å². The molecule has 14 nitrogen and oxygen atoms in total. The lowest BCUT2D eigenvalue weighted by atomic mass is 9.76.